The minimum absolute atomic E-state index is 0.150. The molecule has 3 heterocycles. The molecule has 0 saturated heterocycles. The number of benzene rings is 1. The van der Waals surface area contributed by atoms with Gasteiger partial charge in [-0.2, -0.15) is 0 Å². The molecule has 1 amide bonds. The van der Waals surface area contributed by atoms with Gasteiger partial charge in [0.2, 0.25) is 0 Å². The number of amides is 1. The van der Waals surface area contributed by atoms with Crippen LogP contribution in [0.2, 0.25) is 0 Å². The van der Waals surface area contributed by atoms with E-state index in [1.165, 1.54) is 12.8 Å². The minimum Gasteiger partial charge on any atom is -0.398 e. The summed E-state index contributed by atoms with van der Waals surface area (Å²) in [5.74, 6) is 1.10. The molecule has 4 N–H and O–H groups in total. The van der Waals surface area contributed by atoms with Crippen LogP contribution >= 0.6 is 0 Å². The summed E-state index contributed by atoms with van der Waals surface area (Å²) in [5.41, 5.74) is 18.0. The molecule has 1 aromatic carbocycles. The molecule has 29 heavy (non-hydrogen) atoms. The molecule has 1 saturated carbocycles. The third-order valence-corrected chi connectivity index (χ3v) is 6.16. The Hall–Kier alpha value is -3.35. The first-order chi connectivity index (χ1) is 13.8. The van der Waals surface area contributed by atoms with E-state index < -0.39 is 0 Å². The van der Waals surface area contributed by atoms with Crippen LogP contribution in [0.5, 0.6) is 0 Å². The molecule has 0 spiro atoms. The molecule has 0 bridgehead atoms. The van der Waals surface area contributed by atoms with Crippen molar-refractivity contribution in [1.82, 2.24) is 19.5 Å². The van der Waals surface area contributed by atoms with Crippen LogP contribution in [0.4, 0.5) is 5.82 Å². The van der Waals surface area contributed by atoms with Crippen molar-refractivity contribution in [3.05, 3.63) is 53.2 Å². The van der Waals surface area contributed by atoms with Crippen molar-refractivity contribution in [3.8, 4) is 11.3 Å². The summed E-state index contributed by atoms with van der Waals surface area (Å²) in [6, 6.07) is 6.29. The average Bonchev–Trinajstić information content (AvgIpc) is 3.38. The highest BCUT2D eigenvalue weighted by Crippen LogP contribution is 2.39. The molecule has 7 nitrogen and oxygen atoms in total. The summed E-state index contributed by atoms with van der Waals surface area (Å²) in [6.07, 6.45) is 4.26. The van der Waals surface area contributed by atoms with Crippen molar-refractivity contribution < 1.29 is 4.79 Å². The fraction of sp³-hybridized carbons (Fsp3) is 0.318. The normalized spacial score (nSPS) is 17.0. The number of nitrogens with zero attached hydrogens (tertiary/aromatic N) is 4. The molecule has 2 aromatic heterocycles. The molecule has 1 unspecified atom stereocenters. The Morgan fingerprint density at radius 2 is 2.10 bits per heavy atom. The van der Waals surface area contributed by atoms with Crippen LogP contribution in [0, 0.1) is 12.8 Å². The van der Waals surface area contributed by atoms with Gasteiger partial charge in [0.05, 0.1) is 11.3 Å². The molecule has 148 valence electrons. The number of aryl methyl sites for hydroxylation is 1. The van der Waals surface area contributed by atoms with Crippen molar-refractivity contribution in [3.63, 3.8) is 0 Å². The number of fused-ring (bicyclic) bond motifs is 2. The largest absolute Gasteiger partial charge is 0.398 e. The highest BCUT2D eigenvalue weighted by Gasteiger charge is 2.39. The standard InChI is InChI=1S/C22H24N6O/c1-11-8-15(9-16-10-27(22(29)18(11)16)13(3)14-4-5-14)17-6-7-28-21(25-17)19(12(2)23)20(24)26-28/h6-9,13-14H,2,4-5,10,23H2,1,3H3,(H2,24,26). The third-order valence-electron chi connectivity index (χ3n) is 6.16. The van der Waals surface area contributed by atoms with E-state index >= 15 is 0 Å². The lowest BCUT2D eigenvalue weighted by Crippen LogP contribution is -2.34. The number of hydrogen-bond acceptors (Lipinski definition) is 5. The Bertz CT molecular complexity index is 1190. The van der Waals surface area contributed by atoms with Gasteiger partial charge in [0.1, 0.15) is 0 Å². The molecule has 3 aromatic rings. The minimum atomic E-state index is 0.150. The summed E-state index contributed by atoms with van der Waals surface area (Å²) in [6.45, 7) is 8.61. The summed E-state index contributed by atoms with van der Waals surface area (Å²) < 4.78 is 1.61. The van der Waals surface area contributed by atoms with E-state index in [1.807, 2.05) is 30.2 Å². The lowest BCUT2D eigenvalue weighted by Gasteiger charge is -2.24. The predicted octanol–water partition coefficient (Wildman–Crippen LogP) is 2.97. The van der Waals surface area contributed by atoms with Gasteiger partial charge in [-0.25, -0.2) is 9.50 Å². The number of carbonyl (C=O) groups excluding carboxylic acids is 1. The summed E-state index contributed by atoms with van der Waals surface area (Å²) in [7, 11) is 0. The van der Waals surface area contributed by atoms with Crippen LogP contribution in [-0.4, -0.2) is 31.4 Å². The van der Waals surface area contributed by atoms with E-state index in [4.69, 9.17) is 16.5 Å². The van der Waals surface area contributed by atoms with Gasteiger partial charge in [-0.15, -0.1) is 5.10 Å². The topological polar surface area (TPSA) is 103 Å². The number of anilines is 1. The van der Waals surface area contributed by atoms with E-state index in [2.05, 4.69) is 24.7 Å². The maximum atomic E-state index is 13.0. The molecular formula is C22H24N6O. The summed E-state index contributed by atoms with van der Waals surface area (Å²) in [4.78, 5) is 19.8. The van der Waals surface area contributed by atoms with Crippen molar-refractivity contribution in [2.24, 2.45) is 11.7 Å². The predicted molar refractivity (Wildman–Crippen MR) is 113 cm³/mol. The number of rotatable bonds is 4. The number of aromatic nitrogens is 3. The second kappa shape index (κ2) is 6.07. The highest BCUT2D eigenvalue weighted by molar-refractivity contribution is 6.00. The lowest BCUT2D eigenvalue weighted by molar-refractivity contribution is 0.0697. The van der Waals surface area contributed by atoms with Crippen molar-refractivity contribution in [2.45, 2.75) is 39.3 Å². The van der Waals surface area contributed by atoms with E-state index in [9.17, 15) is 4.79 Å². The van der Waals surface area contributed by atoms with Gasteiger partial charge in [-0.05, 0) is 61.9 Å². The van der Waals surface area contributed by atoms with Gasteiger partial charge in [-0.1, -0.05) is 6.58 Å². The van der Waals surface area contributed by atoms with Gasteiger partial charge in [0.15, 0.2) is 11.5 Å². The van der Waals surface area contributed by atoms with Crippen LogP contribution in [0.1, 0.15) is 46.8 Å². The monoisotopic (exact) mass is 388 g/mol. The van der Waals surface area contributed by atoms with Crippen LogP contribution < -0.4 is 11.5 Å². The van der Waals surface area contributed by atoms with Gasteiger partial charge in [0.25, 0.3) is 5.91 Å². The summed E-state index contributed by atoms with van der Waals surface area (Å²) in [5, 5.41) is 4.25. The van der Waals surface area contributed by atoms with Gasteiger partial charge in [-0.3, -0.25) is 4.79 Å². The van der Waals surface area contributed by atoms with E-state index in [-0.39, 0.29) is 5.91 Å². The molecule has 7 heteroatoms. The first-order valence-corrected chi connectivity index (χ1v) is 9.89. The Labute approximate surface area is 169 Å². The van der Waals surface area contributed by atoms with Crippen molar-refractivity contribution in [1.29, 1.82) is 0 Å². The first kappa shape index (κ1) is 17.7. The fourth-order valence-corrected chi connectivity index (χ4v) is 4.41. The van der Waals surface area contributed by atoms with Crippen molar-refractivity contribution in [2.75, 3.05) is 5.73 Å². The van der Waals surface area contributed by atoms with Crippen LogP contribution in [0.25, 0.3) is 22.6 Å². The molecule has 5 rings (SSSR count). The zero-order valence-corrected chi connectivity index (χ0v) is 16.6. The molecule has 1 fully saturated rings. The SMILES string of the molecule is C=C(N)c1c(N)nn2ccc(-c3cc(C)c4c(c3)CN(C(C)C3CC3)C4=O)nc12. The fourth-order valence-electron chi connectivity index (χ4n) is 4.41. The quantitative estimate of drug-likeness (QED) is 0.715. The van der Waals surface area contributed by atoms with Crippen LogP contribution in [0.15, 0.2) is 31.0 Å². The van der Waals surface area contributed by atoms with Gasteiger partial charge >= 0.3 is 0 Å². The van der Waals surface area contributed by atoms with Crippen LogP contribution in [0.3, 0.4) is 0 Å². The number of hydrogen-bond donors (Lipinski definition) is 2. The summed E-state index contributed by atoms with van der Waals surface area (Å²) >= 11 is 0. The average molecular weight is 388 g/mol. The number of carbonyl (C=O) groups is 1. The van der Waals surface area contributed by atoms with E-state index in [0.29, 0.717) is 41.2 Å². The molecule has 2 aliphatic rings. The molecule has 1 aliphatic heterocycles. The van der Waals surface area contributed by atoms with Crippen molar-refractivity contribution >= 4 is 23.1 Å². The Balaban J connectivity index is 1.58. The smallest absolute Gasteiger partial charge is 0.255 e. The van der Waals surface area contributed by atoms with Crippen LogP contribution in [-0.2, 0) is 6.54 Å². The van der Waals surface area contributed by atoms with E-state index in [0.717, 1.165) is 27.9 Å². The zero-order valence-electron chi connectivity index (χ0n) is 16.6. The zero-order chi connectivity index (χ0) is 20.4. The lowest BCUT2D eigenvalue weighted by atomic mass is 9.98. The maximum absolute atomic E-state index is 13.0. The van der Waals surface area contributed by atoms with E-state index in [1.54, 1.807) is 4.52 Å². The second-order valence-corrected chi connectivity index (χ2v) is 8.20. The van der Waals surface area contributed by atoms with Gasteiger partial charge in [0, 0.05) is 35.6 Å². The third kappa shape index (κ3) is 2.68. The number of nitrogen functional groups attached to an aromatic ring is 1. The Morgan fingerprint density at radius 3 is 2.79 bits per heavy atom. The second-order valence-electron chi connectivity index (χ2n) is 8.20. The Morgan fingerprint density at radius 1 is 1.34 bits per heavy atom. The molecular weight excluding hydrogens is 364 g/mol. The van der Waals surface area contributed by atoms with Gasteiger partial charge < -0.3 is 16.4 Å². The highest BCUT2D eigenvalue weighted by atomic mass is 16.2. The Kier molecular flexibility index (Phi) is 3.71. The molecule has 1 atom stereocenters. The first-order valence-electron chi connectivity index (χ1n) is 9.89. The molecule has 1 aliphatic carbocycles. The molecule has 0 radical (unpaired) electrons. The maximum Gasteiger partial charge on any atom is 0.255 e. The number of nitrogens with two attached hydrogens (primary N) is 2.